The lowest BCUT2D eigenvalue weighted by molar-refractivity contribution is 0.0630. The van der Waals surface area contributed by atoms with Crippen molar-refractivity contribution in [2.45, 2.75) is 18.4 Å². The highest BCUT2D eigenvalue weighted by Gasteiger charge is 2.32. The molecule has 3 aromatic rings. The quantitative estimate of drug-likeness (QED) is 0.532. The van der Waals surface area contributed by atoms with Crippen LogP contribution in [-0.2, 0) is 0 Å². The monoisotopic (exact) mass is 461 g/mol. The number of halogens is 2. The predicted octanol–water partition coefficient (Wildman–Crippen LogP) is 4.46. The van der Waals surface area contributed by atoms with E-state index in [1.807, 2.05) is 11.9 Å². The first kappa shape index (κ1) is 21.7. The summed E-state index contributed by atoms with van der Waals surface area (Å²) in [6.07, 6.45) is 2.97. The van der Waals surface area contributed by atoms with Crippen LogP contribution in [0.4, 0.5) is 0 Å². The molecule has 0 spiro atoms. The van der Waals surface area contributed by atoms with E-state index in [0.717, 1.165) is 6.07 Å². The molecule has 3 N–H and O–H groups in total. The summed E-state index contributed by atoms with van der Waals surface area (Å²) in [7, 11) is 1.90. The second-order valence-electron chi connectivity index (χ2n) is 7.74. The topological polar surface area (TPSA) is 94.1 Å². The number of likely N-dealkylation sites (N-methyl/N-ethyl adjacent to an activating group) is 1. The average molecular weight is 462 g/mol. The summed E-state index contributed by atoms with van der Waals surface area (Å²) in [5.41, 5.74) is 0.477. The molecule has 31 heavy (non-hydrogen) atoms. The smallest absolute Gasteiger partial charge is 0.197 e. The molecule has 0 amide bonds. The van der Waals surface area contributed by atoms with E-state index in [9.17, 15) is 20.1 Å². The fourth-order valence-electron chi connectivity index (χ4n) is 4.04. The van der Waals surface area contributed by atoms with Crippen molar-refractivity contribution in [3.8, 4) is 11.5 Å². The van der Waals surface area contributed by atoms with Gasteiger partial charge in [-0.2, -0.15) is 0 Å². The van der Waals surface area contributed by atoms with Gasteiger partial charge in [-0.25, -0.2) is 0 Å². The lowest BCUT2D eigenvalue weighted by Crippen LogP contribution is -2.40. The van der Waals surface area contributed by atoms with Crippen LogP contribution in [0, 0.1) is 0 Å². The molecule has 162 valence electrons. The largest absolute Gasteiger partial charge is 0.507 e. The number of piperidine rings is 1. The van der Waals surface area contributed by atoms with Crippen molar-refractivity contribution in [2.75, 3.05) is 20.1 Å². The Labute approximate surface area is 188 Å². The maximum atomic E-state index is 12.8. The molecule has 1 aliphatic rings. The van der Waals surface area contributed by atoms with Crippen LogP contribution in [0.2, 0.25) is 10.0 Å². The molecular formula is C23H21Cl2NO5. The van der Waals surface area contributed by atoms with Gasteiger partial charge in [0.1, 0.15) is 28.2 Å². The molecule has 0 radical (unpaired) electrons. The lowest BCUT2D eigenvalue weighted by Gasteiger charge is -2.34. The standard InChI is InChI=1S/C23H21Cl2NO5/c1-26-8-7-14(20(30)11-26)21-18(28)10-19(29)22-17(27)9-12(31-23(21)22)5-6-13-15(24)3-2-4-16(13)25/h2-6,9-10,14,20,28-30H,7-8,11H2,1H3/b6-5+/t14?,20-/m1/s1. The molecule has 0 bridgehead atoms. The fourth-order valence-corrected chi connectivity index (χ4v) is 4.57. The Kier molecular flexibility index (Phi) is 5.99. The molecule has 0 saturated carbocycles. The Balaban J connectivity index is 1.87. The van der Waals surface area contributed by atoms with Crippen LogP contribution in [0.1, 0.15) is 29.2 Å². The van der Waals surface area contributed by atoms with Crippen LogP contribution < -0.4 is 5.43 Å². The molecule has 1 fully saturated rings. The molecule has 8 heteroatoms. The van der Waals surface area contributed by atoms with Crippen molar-refractivity contribution in [1.29, 1.82) is 0 Å². The number of likely N-dealkylation sites (tertiary alicyclic amines) is 1. The first-order valence-corrected chi connectivity index (χ1v) is 10.5. The van der Waals surface area contributed by atoms with Gasteiger partial charge in [0.05, 0.1) is 6.10 Å². The average Bonchev–Trinajstić information content (AvgIpc) is 2.68. The fraction of sp³-hybridized carbons (Fsp3) is 0.261. The number of phenolic OH excluding ortho intramolecular Hbond substituents is 2. The number of phenols is 2. The number of β-amino-alcohol motifs (C(OH)–C–C–N with tert-alkyl or cyclic N) is 1. The third kappa shape index (κ3) is 4.16. The molecule has 1 unspecified atom stereocenters. The van der Waals surface area contributed by atoms with Crippen molar-refractivity contribution < 1.29 is 19.7 Å². The normalized spacial score (nSPS) is 20.0. The molecule has 1 saturated heterocycles. The van der Waals surface area contributed by atoms with Gasteiger partial charge in [0.25, 0.3) is 0 Å². The first-order chi connectivity index (χ1) is 14.8. The van der Waals surface area contributed by atoms with Crippen LogP contribution >= 0.6 is 23.2 Å². The van der Waals surface area contributed by atoms with Crippen molar-refractivity contribution in [1.82, 2.24) is 4.90 Å². The molecule has 6 nitrogen and oxygen atoms in total. The molecule has 2 heterocycles. The molecule has 1 aliphatic heterocycles. The highest BCUT2D eigenvalue weighted by Crippen LogP contribution is 2.42. The van der Waals surface area contributed by atoms with E-state index >= 15 is 0 Å². The number of aromatic hydroxyl groups is 2. The number of nitrogens with zero attached hydrogens (tertiary/aromatic N) is 1. The van der Waals surface area contributed by atoms with E-state index in [-0.39, 0.29) is 28.2 Å². The van der Waals surface area contributed by atoms with Gasteiger partial charge in [0.2, 0.25) is 0 Å². The number of aliphatic hydroxyl groups is 1. The van der Waals surface area contributed by atoms with E-state index in [1.54, 1.807) is 30.4 Å². The summed E-state index contributed by atoms with van der Waals surface area (Å²) < 4.78 is 5.95. The number of aliphatic hydroxyl groups excluding tert-OH is 1. The van der Waals surface area contributed by atoms with Crippen molar-refractivity contribution in [3.05, 3.63) is 67.5 Å². The lowest BCUT2D eigenvalue weighted by atomic mass is 9.85. The number of hydrogen-bond donors (Lipinski definition) is 3. The Morgan fingerprint density at radius 3 is 2.52 bits per heavy atom. The van der Waals surface area contributed by atoms with Crippen molar-refractivity contribution in [3.63, 3.8) is 0 Å². The minimum absolute atomic E-state index is 0.0353. The minimum Gasteiger partial charge on any atom is -0.507 e. The van der Waals surface area contributed by atoms with E-state index in [0.29, 0.717) is 40.7 Å². The highest BCUT2D eigenvalue weighted by atomic mass is 35.5. The minimum atomic E-state index is -0.760. The highest BCUT2D eigenvalue weighted by molar-refractivity contribution is 6.37. The SMILES string of the molecule is CN1CCC(c2c(O)cc(O)c3c(=O)cc(/C=C/c4c(Cl)cccc4Cl)oc23)[C@H](O)C1. The summed E-state index contributed by atoms with van der Waals surface area (Å²) >= 11 is 12.4. The third-order valence-corrected chi connectivity index (χ3v) is 6.25. The van der Waals surface area contributed by atoms with E-state index in [1.165, 1.54) is 6.07 Å². The van der Waals surface area contributed by atoms with E-state index < -0.39 is 17.5 Å². The zero-order chi connectivity index (χ0) is 22.3. The van der Waals surface area contributed by atoms with Gasteiger partial charge >= 0.3 is 0 Å². The Bertz CT molecular complexity index is 1220. The summed E-state index contributed by atoms with van der Waals surface area (Å²) in [5.74, 6) is -0.851. The zero-order valence-electron chi connectivity index (χ0n) is 16.7. The summed E-state index contributed by atoms with van der Waals surface area (Å²) in [4.78, 5) is 14.8. The predicted molar refractivity (Wildman–Crippen MR) is 122 cm³/mol. The number of hydrogen-bond acceptors (Lipinski definition) is 6. The number of fused-ring (bicyclic) bond motifs is 1. The summed E-state index contributed by atoms with van der Waals surface area (Å²) in [6.45, 7) is 1.12. The second kappa shape index (κ2) is 8.55. The van der Waals surface area contributed by atoms with Crippen molar-refractivity contribution in [2.24, 2.45) is 0 Å². The van der Waals surface area contributed by atoms with Crippen LogP contribution in [0.5, 0.6) is 11.5 Å². The summed E-state index contributed by atoms with van der Waals surface area (Å²) in [6, 6.07) is 7.48. The van der Waals surface area contributed by atoms with E-state index in [2.05, 4.69) is 0 Å². The third-order valence-electron chi connectivity index (χ3n) is 5.59. The number of rotatable bonds is 3. The molecule has 2 aromatic carbocycles. The Hall–Kier alpha value is -2.51. The maximum absolute atomic E-state index is 12.8. The van der Waals surface area contributed by atoms with Crippen LogP contribution in [0.3, 0.4) is 0 Å². The molecule has 2 atom stereocenters. The molecule has 1 aromatic heterocycles. The summed E-state index contributed by atoms with van der Waals surface area (Å²) in [5, 5.41) is 32.3. The Morgan fingerprint density at radius 1 is 1.13 bits per heavy atom. The zero-order valence-corrected chi connectivity index (χ0v) is 18.2. The first-order valence-electron chi connectivity index (χ1n) is 9.77. The van der Waals surface area contributed by atoms with Gasteiger partial charge < -0.3 is 24.6 Å². The van der Waals surface area contributed by atoms with Gasteiger partial charge in [-0.15, -0.1) is 0 Å². The van der Waals surface area contributed by atoms with Gasteiger partial charge in [-0.05, 0) is 44.3 Å². The van der Waals surface area contributed by atoms with Gasteiger partial charge in [0.15, 0.2) is 5.43 Å². The van der Waals surface area contributed by atoms with Crippen LogP contribution in [0.25, 0.3) is 23.1 Å². The molecule has 0 aliphatic carbocycles. The molecule has 4 rings (SSSR count). The Morgan fingerprint density at radius 2 is 1.84 bits per heavy atom. The molecular weight excluding hydrogens is 441 g/mol. The van der Waals surface area contributed by atoms with Gasteiger partial charge in [0, 0.05) is 45.8 Å². The van der Waals surface area contributed by atoms with E-state index in [4.69, 9.17) is 27.6 Å². The van der Waals surface area contributed by atoms with Crippen LogP contribution in [-0.4, -0.2) is 46.5 Å². The number of benzene rings is 2. The van der Waals surface area contributed by atoms with Gasteiger partial charge in [-0.1, -0.05) is 29.3 Å². The van der Waals surface area contributed by atoms with Gasteiger partial charge in [-0.3, -0.25) is 4.79 Å². The maximum Gasteiger partial charge on any atom is 0.197 e. The van der Waals surface area contributed by atoms with Crippen molar-refractivity contribution >= 4 is 46.3 Å². The second-order valence-corrected chi connectivity index (χ2v) is 8.55. The van der Waals surface area contributed by atoms with Crippen LogP contribution in [0.15, 0.2) is 39.5 Å².